The van der Waals surface area contributed by atoms with E-state index in [1.807, 2.05) is 31.2 Å². The van der Waals surface area contributed by atoms with Gasteiger partial charge < -0.3 is 14.6 Å². The lowest BCUT2D eigenvalue weighted by Crippen LogP contribution is -2.12. The van der Waals surface area contributed by atoms with Gasteiger partial charge in [-0.1, -0.05) is 18.2 Å². The maximum Gasteiger partial charge on any atom is 0.349 e. The van der Waals surface area contributed by atoms with E-state index in [-0.39, 0.29) is 10.8 Å². The van der Waals surface area contributed by atoms with Gasteiger partial charge in [0.2, 0.25) is 0 Å². The van der Waals surface area contributed by atoms with Crippen LogP contribution in [0.15, 0.2) is 30.3 Å². The number of thiophene rings is 1. The van der Waals surface area contributed by atoms with E-state index in [4.69, 9.17) is 14.6 Å². The summed E-state index contributed by atoms with van der Waals surface area (Å²) in [7, 11) is 0. The number of carbonyl (C=O) groups is 1. The van der Waals surface area contributed by atoms with Crippen LogP contribution in [0.2, 0.25) is 0 Å². The number of benzene rings is 1. The number of aromatic carboxylic acids is 1. The van der Waals surface area contributed by atoms with Crippen LogP contribution in [0.25, 0.3) is 0 Å². The SMILES string of the molecule is Cc1cc(OCC2COc3ccccc32)c(C(=O)O)s1. The highest BCUT2D eigenvalue weighted by atomic mass is 32.1. The van der Waals surface area contributed by atoms with Crippen molar-refractivity contribution in [3.63, 3.8) is 0 Å². The minimum Gasteiger partial charge on any atom is -0.493 e. The molecule has 0 spiro atoms. The van der Waals surface area contributed by atoms with Crippen molar-refractivity contribution < 1.29 is 19.4 Å². The lowest BCUT2D eigenvalue weighted by Gasteiger charge is -2.10. The first kappa shape index (κ1) is 13.0. The molecule has 5 heteroatoms. The Kier molecular flexibility index (Phi) is 3.36. The van der Waals surface area contributed by atoms with Crippen LogP contribution >= 0.6 is 11.3 Å². The van der Waals surface area contributed by atoms with Gasteiger partial charge in [0.1, 0.15) is 11.5 Å². The lowest BCUT2D eigenvalue weighted by atomic mass is 10.0. The van der Waals surface area contributed by atoms with E-state index in [1.54, 1.807) is 6.07 Å². The Morgan fingerprint density at radius 3 is 3.10 bits per heavy atom. The van der Waals surface area contributed by atoms with Crippen molar-refractivity contribution in [3.8, 4) is 11.5 Å². The number of fused-ring (bicyclic) bond motifs is 1. The van der Waals surface area contributed by atoms with E-state index in [9.17, 15) is 4.79 Å². The number of carboxylic acids is 1. The van der Waals surface area contributed by atoms with E-state index < -0.39 is 5.97 Å². The Hall–Kier alpha value is -2.01. The predicted molar refractivity (Wildman–Crippen MR) is 76.2 cm³/mol. The summed E-state index contributed by atoms with van der Waals surface area (Å²) >= 11 is 1.23. The van der Waals surface area contributed by atoms with Crippen LogP contribution in [0.3, 0.4) is 0 Å². The minimum atomic E-state index is -0.943. The van der Waals surface area contributed by atoms with Gasteiger partial charge in [-0.2, -0.15) is 0 Å². The number of carboxylic acid groups (broad SMARTS) is 1. The Labute approximate surface area is 120 Å². The first-order valence-corrected chi connectivity index (χ1v) is 7.15. The average molecular weight is 290 g/mol. The molecule has 4 nitrogen and oxygen atoms in total. The van der Waals surface area contributed by atoms with Crippen molar-refractivity contribution in [3.05, 3.63) is 45.6 Å². The maximum absolute atomic E-state index is 11.1. The van der Waals surface area contributed by atoms with Crippen molar-refractivity contribution >= 4 is 17.3 Å². The Morgan fingerprint density at radius 1 is 1.50 bits per heavy atom. The van der Waals surface area contributed by atoms with E-state index in [2.05, 4.69) is 0 Å². The maximum atomic E-state index is 11.1. The third-order valence-electron chi connectivity index (χ3n) is 3.25. The molecule has 1 aliphatic rings. The number of ether oxygens (including phenoxy) is 2. The zero-order chi connectivity index (χ0) is 14.1. The number of rotatable bonds is 4. The van der Waals surface area contributed by atoms with Crippen LogP contribution < -0.4 is 9.47 Å². The number of hydrogen-bond donors (Lipinski definition) is 1. The molecule has 0 saturated carbocycles. The summed E-state index contributed by atoms with van der Waals surface area (Å²) < 4.78 is 11.3. The van der Waals surface area contributed by atoms with Crippen LogP contribution in [0.5, 0.6) is 11.5 Å². The molecule has 1 N–H and O–H groups in total. The highest BCUT2D eigenvalue weighted by Gasteiger charge is 2.25. The second kappa shape index (κ2) is 5.17. The zero-order valence-corrected chi connectivity index (χ0v) is 11.8. The molecule has 0 bridgehead atoms. The lowest BCUT2D eigenvalue weighted by molar-refractivity contribution is 0.0697. The molecule has 0 aliphatic carbocycles. The molecule has 104 valence electrons. The molecule has 1 aromatic carbocycles. The Balaban J connectivity index is 1.74. The summed E-state index contributed by atoms with van der Waals surface area (Å²) in [6.45, 7) is 2.87. The van der Waals surface area contributed by atoms with Crippen molar-refractivity contribution in [2.24, 2.45) is 0 Å². The molecule has 0 fully saturated rings. The van der Waals surface area contributed by atoms with Gasteiger partial charge in [-0.15, -0.1) is 11.3 Å². The molecule has 0 amide bonds. The zero-order valence-electron chi connectivity index (χ0n) is 11.0. The fourth-order valence-corrected chi connectivity index (χ4v) is 3.10. The minimum absolute atomic E-state index is 0.146. The molecule has 1 atom stereocenters. The highest BCUT2D eigenvalue weighted by molar-refractivity contribution is 7.14. The Bertz CT molecular complexity index is 647. The van der Waals surface area contributed by atoms with Crippen molar-refractivity contribution in [1.29, 1.82) is 0 Å². The van der Waals surface area contributed by atoms with Crippen LogP contribution in [0.1, 0.15) is 26.0 Å². The second-order valence-corrected chi connectivity index (χ2v) is 5.97. The fourth-order valence-electron chi connectivity index (χ4n) is 2.30. The van der Waals surface area contributed by atoms with Crippen molar-refractivity contribution in [2.75, 3.05) is 13.2 Å². The molecule has 2 aromatic rings. The molecule has 0 radical (unpaired) electrons. The van der Waals surface area contributed by atoms with Crippen molar-refractivity contribution in [1.82, 2.24) is 0 Å². The van der Waals surface area contributed by atoms with Crippen LogP contribution in [0, 0.1) is 6.92 Å². The van der Waals surface area contributed by atoms with Crippen LogP contribution in [-0.4, -0.2) is 24.3 Å². The summed E-state index contributed by atoms with van der Waals surface area (Å²) in [6.07, 6.45) is 0. The van der Waals surface area contributed by atoms with E-state index in [1.165, 1.54) is 11.3 Å². The molecule has 1 aliphatic heterocycles. The number of hydrogen-bond acceptors (Lipinski definition) is 4. The molecule has 1 aromatic heterocycles. The first-order valence-electron chi connectivity index (χ1n) is 6.33. The van der Waals surface area contributed by atoms with Gasteiger partial charge in [0.15, 0.2) is 4.88 Å². The summed E-state index contributed by atoms with van der Waals surface area (Å²) in [5.41, 5.74) is 1.12. The molecular weight excluding hydrogens is 276 g/mol. The topological polar surface area (TPSA) is 55.8 Å². The van der Waals surface area contributed by atoms with Gasteiger partial charge in [0.25, 0.3) is 0 Å². The largest absolute Gasteiger partial charge is 0.493 e. The summed E-state index contributed by atoms with van der Waals surface area (Å²) in [4.78, 5) is 12.3. The summed E-state index contributed by atoms with van der Waals surface area (Å²) in [5.74, 6) is 0.541. The molecule has 0 saturated heterocycles. The van der Waals surface area contributed by atoms with Crippen molar-refractivity contribution in [2.45, 2.75) is 12.8 Å². The van der Waals surface area contributed by atoms with Crippen LogP contribution in [-0.2, 0) is 0 Å². The third-order valence-corrected chi connectivity index (χ3v) is 4.27. The van der Waals surface area contributed by atoms with E-state index in [0.29, 0.717) is 19.0 Å². The third kappa shape index (κ3) is 2.36. The quantitative estimate of drug-likeness (QED) is 0.938. The average Bonchev–Trinajstić information content (AvgIpc) is 3.00. The number of para-hydroxylation sites is 1. The molecular formula is C15H14O4S. The van der Waals surface area contributed by atoms with E-state index >= 15 is 0 Å². The predicted octanol–water partition coefficient (Wildman–Crippen LogP) is 3.31. The standard InChI is InChI=1S/C15H14O4S/c1-9-6-13(14(20-9)15(16)17)19-8-10-7-18-12-5-3-2-4-11(10)12/h2-6,10H,7-8H2,1H3,(H,16,17). The van der Waals surface area contributed by atoms with Gasteiger partial charge >= 0.3 is 5.97 Å². The highest BCUT2D eigenvalue weighted by Crippen LogP contribution is 2.35. The van der Waals surface area contributed by atoms with Gasteiger partial charge in [0, 0.05) is 10.4 Å². The monoisotopic (exact) mass is 290 g/mol. The summed E-state index contributed by atoms with van der Waals surface area (Å²) in [5, 5.41) is 9.13. The Morgan fingerprint density at radius 2 is 2.30 bits per heavy atom. The van der Waals surface area contributed by atoms with Gasteiger partial charge in [-0.25, -0.2) is 4.79 Å². The smallest absolute Gasteiger partial charge is 0.349 e. The van der Waals surface area contributed by atoms with Gasteiger partial charge in [-0.3, -0.25) is 0 Å². The molecule has 3 rings (SSSR count). The second-order valence-electron chi connectivity index (χ2n) is 4.71. The summed E-state index contributed by atoms with van der Waals surface area (Å²) in [6, 6.07) is 9.64. The van der Waals surface area contributed by atoms with E-state index in [0.717, 1.165) is 16.2 Å². The van der Waals surface area contributed by atoms with Gasteiger partial charge in [0.05, 0.1) is 19.1 Å². The fraction of sp³-hybridized carbons (Fsp3) is 0.267. The number of aryl methyl sites for hydroxylation is 1. The molecule has 20 heavy (non-hydrogen) atoms. The van der Waals surface area contributed by atoms with Crippen LogP contribution in [0.4, 0.5) is 0 Å². The molecule has 2 heterocycles. The van der Waals surface area contributed by atoms with Gasteiger partial charge in [-0.05, 0) is 19.1 Å². The molecule has 1 unspecified atom stereocenters. The normalized spacial score (nSPS) is 16.6. The first-order chi connectivity index (χ1) is 9.65.